The summed E-state index contributed by atoms with van der Waals surface area (Å²) in [5.41, 5.74) is 7.52. The molecule has 25 heavy (non-hydrogen) atoms. The Bertz CT molecular complexity index is 574. The number of carbonyl (C=O) groups is 1. The number of hydrogen-bond donors (Lipinski definition) is 4. The van der Waals surface area contributed by atoms with Crippen molar-refractivity contribution < 1.29 is 19.1 Å². The monoisotopic (exact) mass is 370 g/mol. The molecule has 0 spiro atoms. The topological polar surface area (TPSA) is 113 Å². The molecule has 6 nitrogen and oxygen atoms in total. The van der Waals surface area contributed by atoms with Gasteiger partial charge in [-0.15, -0.1) is 0 Å². The van der Waals surface area contributed by atoms with E-state index in [4.69, 9.17) is 15.5 Å². The number of unbranched alkanes of at least 4 members (excludes halogenated alkanes) is 5. The highest BCUT2D eigenvalue weighted by atomic mass is 31.2. The molecule has 0 heterocycles. The van der Waals surface area contributed by atoms with Crippen molar-refractivity contribution in [1.82, 2.24) is 0 Å². The van der Waals surface area contributed by atoms with E-state index < -0.39 is 19.5 Å². The standard InChI is InChI=1S/C18H31N2O4P/c1-2-3-4-5-6-7-9-15-10-8-11-16(14-15)20-18(21)17(19)12-13-25(22,23)24/h8,10-11,14,17H,2-7,9,12-13,19H2,1H3,(H,20,21)(H2,22,23,24)/t17-/m1/s1. The van der Waals surface area contributed by atoms with Crippen LogP contribution in [0.15, 0.2) is 24.3 Å². The van der Waals surface area contributed by atoms with E-state index in [1.54, 1.807) is 6.07 Å². The quantitative estimate of drug-likeness (QED) is 0.333. The summed E-state index contributed by atoms with van der Waals surface area (Å²) in [4.78, 5) is 29.7. The van der Waals surface area contributed by atoms with Gasteiger partial charge in [-0.1, -0.05) is 51.2 Å². The predicted octanol–water partition coefficient (Wildman–Crippen LogP) is 3.42. The van der Waals surface area contributed by atoms with Crippen LogP contribution in [0.2, 0.25) is 0 Å². The molecule has 0 unspecified atom stereocenters. The van der Waals surface area contributed by atoms with Gasteiger partial charge in [0.05, 0.1) is 12.2 Å². The first-order valence-corrected chi connectivity index (χ1v) is 10.8. The lowest BCUT2D eigenvalue weighted by molar-refractivity contribution is -0.117. The van der Waals surface area contributed by atoms with Gasteiger partial charge in [0.15, 0.2) is 0 Å². The van der Waals surface area contributed by atoms with E-state index in [-0.39, 0.29) is 12.6 Å². The molecule has 0 bridgehead atoms. The molecular weight excluding hydrogens is 339 g/mol. The Kier molecular flexibility index (Phi) is 9.98. The summed E-state index contributed by atoms with van der Waals surface area (Å²) in [5, 5.41) is 2.72. The van der Waals surface area contributed by atoms with Gasteiger partial charge in [-0.2, -0.15) is 0 Å². The maximum Gasteiger partial charge on any atom is 0.325 e. The minimum absolute atomic E-state index is 0.0481. The minimum Gasteiger partial charge on any atom is -0.325 e. The fourth-order valence-electron chi connectivity index (χ4n) is 2.59. The van der Waals surface area contributed by atoms with Crippen LogP contribution in [0.5, 0.6) is 0 Å². The second-order valence-corrected chi connectivity index (χ2v) is 8.27. The number of carbonyl (C=O) groups excluding carboxylic acids is 1. The van der Waals surface area contributed by atoms with E-state index in [0.29, 0.717) is 5.69 Å². The van der Waals surface area contributed by atoms with Crippen molar-refractivity contribution >= 4 is 19.2 Å². The van der Waals surface area contributed by atoms with Crippen molar-refractivity contribution in [1.29, 1.82) is 0 Å². The summed E-state index contributed by atoms with van der Waals surface area (Å²) >= 11 is 0. The number of hydrogen-bond acceptors (Lipinski definition) is 3. The molecule has 0 saturated carbocycles. The highest BCUT2D eigenvalue weighted by Crippen LogP contribution is 2.35. The van der Waals surface area contributed by atoms with E-state index in [0.717, 1.165) is 18.4 Å². The second kappa shape index (κ2) is 11.4. The average Bonchev–Trinajstić information content (AvgIpc) is 2.55. The Balaban J connectivity index is 2.41. The molecule has 0 aliphatic rings. The molecule has 1 amide bonds. The predicted molar refractivity (Wildman–Crippen MR) is 102 cm³/mol. The Morgan fingerprint density at radius 3 is 2.56 bits per heavy atom. The van der Waals surface area contributed by atoms with Gasteiger partial charge in [0.2, 0.25) is 5.91 Å². The molecule has 0 aliphatic heterocycles. The van der Waals surface area contributed by atoms with Crippen molar-refractivity contribution in [3.63, 3.8) is 0 Å². The first kappa shape index (κ1) is 21.8. The molecule has 1 aromatic rings. The van der Waals surface area contributed by atoms with E-state index >= 15 is 0 Å². The third-order valence-electron chi connectivity index (χ3n) is 4.08. The van der Waals surface area contributed by atoms with Crippen LogP contribution in [-0.2, 0) is 15.8 Å². The van der Waals surface area contributed by atoms with Crippen molar-refractivity contribution in [2.24, 2.45) is 5.73 Å². The maximum absolute atomic E-state index is 12.0. The Hall–Kier alpha value is -1.20. The number of amides is 1. The molecule has 1 rings (SSSR count). The van der Waals surface area contributed by atoms with Gasteiger partial charge >= 0.3 is 7.60 Å². The van der Waals surface area contributed by atoms with Gasteiger partial charge in [0.1, 0.15) is 0 Å². The molecule has 1 atom stereocenters. The van der Waals surface area contributed by atoms with Crippen LogP contribution in [0.25, 0.3) is 0 Å². The van der Waals surface area contributed by atoms with Crippen LogP contribution in [0.1, 0.15) is 57.4 Å². The summed E-state index contributed by atoms with van der Waals surface area (Å²) in [6, 6.07) is 6.71. The minimum atomic E-state index is -4.13. The summed E-state index contributed by atoms with van der Waals surface area (Å²) in [6.07, 6.45) is 7.97. The van der Waals surface area contributed by atoms with Crippen molar-refractivity contribution in [2.75, 3.05) is 11.5 Å². The van der Waals surface area contributed by atoms with Crippen molar-refractivity contribution in [3.8, 4) is 0 Å². The molecule has 0 aromatic heterocycles. The number of aryl methyl sites for hydroxylation is 1. The molecule has 0 fully saturated rings. The van der Waals surface area contributed by atoms with Gasteiger partial charge in [0.25, 0.3) is 0 Å². The van der Waals surface area contributed by atoms with E-state index in [2.05, 4.69) is 12.2 Å². The molecule has 0 radical (unpaired) electrons. The lowest BCUT2D eigenvalue weighted by atomic mass is 10.0. The fraction of sp³-hybridized carbons (Fsp3) is 0.611. The zero-order valence-corrected chi connectivity index (χ0v) is 15.9. The molecule has 1 aromatic carbocycles. The van der Waals surface area contributed by atoms with Crippen molar-refractivity contribution in [3.05, 3.63) is 29.8 Å². The number of nitrogens with one attached hydrogen (secondary N) is 1. The number of anilines is 1. The SMILES string of the molecule is CCCCCCCCc1cccc(NC(=O)[C@H](N)CCP(=O)(O)O)c1. The van der Waals surface area contributed by atoms with E-state index in [1.165, 1.54) is 32.1 Å². The smallest absolute Gasteiger partial charge is 0.325 e. The van der Waals surface area contributed by atoms with Crippen LogP contribution < -0.4 is 11.1 Å². The number of nitrogens with two attached hydrogens (primary N) is 1. The van der Waals surface area contributed by atoms with Gasteiger partial charge in [-0.3, -0.25) is 9.36 Å². The van der Waals surface area contributed by atoms with Crippen LogP contribution in [-0.4, -0.2) is 27.9 Å². The molecule has 142 valence electrons. The molecule has 5 N–H and O–H groups in total. The normalized spacial score (nSPS) is 12.8. The highest BCUT2D eigenvalue weighted by Gasteiger charge is 2.20. The maximum atomic E-state index is 12.0. The van der Waals surface area contributed by atoms with E-state index in [9.17, 15) is 9.36 Å². The number of benzene rings is 1. The second-order valence-electron chi connectivity index (χ2n) is 6.49. The van der Waals surface area contributed by atoms with Crippen LogP contribution >= 0.6 is 7.60 Å². The van der Waals surface area contributed by atoms with E-state index in [1.807, 2.05) is 18.2 Å². The Morgan fingerprint density at radius 1 is 1.20 bits per heavy atom. The zero-order chi connectivity index (χ0) is 18.7. The summed E-state index contributed by atoms with van der Waals surface area (Å²) in [6.45, 7) is 2.21. The molecule has 0 aliphatic carbocycles. The van der Waals surface area contributed by atoms with Crippen LogP contribution in [0.4, 0.5) is 5.69 Å². The largest absolute Gasteiger partial charge is 0.325 e. The highest BCUT2D eigenvalue weighted by molar-refractivity contribution is 7.51. The first-order chi connectivity index (χ1) is 11.8. The van der Waals surface area contributed by atoms with Gasteiger partial charge < -0.3 is 20.8 Å². The molecule has 7 heteroatoms. The summed E-state index contributed by atoms with van der Waals surface area (Å²) in [7, 11) is -4.13. The lowest BCUT2D eigenvalue weighted by Crippen LogP contribution is -2.36. The van der Waals surface area contributed by atoms with Gasteiger partial charge in [-0.05, 0) is 37.0 Å². The van der Waals surface area contributed by atoms with Gasteiger partial charge in [-0.25, -0.2) is 0 Å². The van der Waals surface area contributed by atoms with Crippen LogP contribution in [0.3, 0.4) is 0 Å². The average molecular weight is 370 g/mol. The van der Waals surface area contributed by atoms with Gasteiger partial charge in [0, 0.05) is 5.69 Å². The third-order valence-corrected chi connectivity index (χ3v) is 4.92. The molecule has 0 saturated heterocycles. The Labute approximate surface area is 150 Å². The number of rotatable bonds is 12. The third kappa shape index (κ3) is 10.4. The lowest BCUT2D eigenvalue weighted by Gasteiger charge is -2.13. The van der Waals surface area contributed by atoms with Crippen LogP contribution in [0, 0.1) is 0 Å². The first-order valence-electron chi connectivity index (χ1n) is 9.02. The van der Waals surface area contributed by atoms with Crippen molar-refractivity contribution in [2.45, 2.75) is 64.3 Å². The summed E-state index contributed by atoms with van der Waals surface area (Å²) < 4.78 is 10.9. The fourth-order valence-corrected chi connectivity index (χ4v) is 3.20. The summed E-state index contributed by atoms with van der Waals surface area (Å²) in [5.74, 6) is -0.426. The molecular formula is C18H31N2O4P. The zero-order valence-electron chi connectivity index (χ0n) is 15.0. The Morgan fingerprint density at radius 2 is 1.88 bits per heavy atom.